The topological polar surface area (TPSA) is 37.3 Å². The van der Waals surface area contributed by atoms with Gasteiger partial charge >= 0.3 is 5.97 Å². The summed E-state index contributed by atoms with van der Waals surface area (Å²) in [4.78, 5) is 10.2. The third-order valence-corrected chi connectivity index (χ3v) is 2.13. The van der Waals surface area contributed by atoms with Crippen LogP contribution in [-0.4, -0.2) is 11.1 Å². The predicted molar refractivity (Wildman–Crippen MR) is 63.9 cm³/mol. The van der Waals surface area contributed by atoms with Crippen molar-refractivity contribution in [3.63, 3.8) is 0 Å². The van der Waals surface area contributed by atoms with Gasteiger partial charge in [-0.05, 0) is 24.7 Å². The molecule has 0 saturated carbocycles. The second kappa shape index (κ2) is 7.49. The lowest BCUT2D eigenvalue weighted by Gasteiger charge is -2.10. The zero-order chi connectivity index (χ0) is 11.7. The Hall–Kier alpha value is -0.790. The van der Waals surface area contributed by atoms with E-state index in [2.05, 4.69) is 32.9 Å². The van der Waals surface area contributed by atoms with Crippen molar-refractivity contribution in [2.45, 2.75) is 59.3 Å². The van der Waals surface area contributed by atoms with Crippen LogP contribution in [0.3, 0.4) is 0 Å². The van der Waals surface area contributed by atoms with Crippen molar-refractivity contribution in [3.05, 3.63) is 12.2 Å². The SMILES string of the molecule is CC(C)(C)/C=C/CCCCCCC(=O)O. The summed E-state index contributed by atoms with van der Waals surface area (Å²) in [6, 6.07) is 0. The van der Waals surface area contributed by atoms with E-state index in [0.29, 0.717) is 6.42 Å². The lowest BCUT2D eigenvalue weighted by atomic mass is 9.95. The zero-order valence-electron chi connectivity index (χ0n) is 10.3. The average Bonchev–Trinajstić information content (AvgIpc) is 2.07. The van der Waals surface area contributed by atoms with E-state index in [-0.39, 0.29) is 5.41 Å². The van der Waals surface area contributed by atoms with Crippen LogP contribution >= 0.6 is 0 Å². The van der Waals surface area contributed by atoms with Crippen LogP contribution in [0.25, 0.3) is 0 Å². The van der Waals surface area contributed by atoms with E-state index in [1.54, 1.807) is 0 Å². The smallest absolute Gasteiger partial charge is 0.303 e. The summed E-state index contributed by atoms with van der Waals surface area (Å²) in [5.74, 6) is -0.678. The Morgan fingerprint density at radius 2 is 1.73 bits per heavy atom. The van der Waals surface area contributed by atoms with Crippen molar-refractivity contribution in [1.82, 2.24) is 0 Å². The number of carboxylic acid groups (broad SMARTS) is 1. The van der Waals surface area contributed by atoms with Gasteiger partial charge in [-0.15, -0.1) is 0 Å². The van der Waals surface area contributed by atoms with Crippen LogP contribution in [0.15, 0.2) is 12.2 Å². The quantitative estimate of drug-likeness (QED) is 0.511. The van der Waals surface area contributed by atoms with Crippen molar-refractivity contribution in [1.29, 1.82) is 0 Å². The minimum atomic E-state index is -0.678. The fourth-order valence-electron chi connectivity index (χ4n) is 1.33. The Morgan fingerprint density at radius 1 is 1.13 bits per heavy atom. The highest BCUT2D eigenvalue weighted by molar-refractivity contribution is 5.66. The maximum atomic E-state index is 10.2. The maximum Gasteiger partial charge on any atom is 0.303 e. The Morgan fingerprint density at radius 3 is 2.27 bits per heavy atom. The largest absolute Gasteiger partial charge is 0.481 e. The first-order chi connectivity index (χ1) is 6.92. The van der Waals surface area contributed by atoms with Crippen LogP contribution in [0, 0.1) is 5.41 Å². The van der Waals surface area contributed by atoms with E-state index >= 15 is 0 Å². The number of aliphatic carboxylic acids is 1. The fraction of sp³-hybridized carbons (Fsp3) is 0.769. The number of hydrogen-bond acceptors (Lipinski definition) is 1. The molecule has 0 aliphatic carbocycles. The Bertz CT molecular complexity index is 199. The summed E-state index contributed by atoms with van der Waals surface area (Å²) in [6.07, 6.45) is 10.1. The van der Waals surface area contributed by atoms with Gasteiger partial charge in [-0.2, -0.15) is 0 Å². The third kappa shape index (κ3) is 13.2. The molecule has 0 amide bonds. The van der Waals surface area contributed by atoms with E-state index in [4.69, 9.17) is 5.11 Å². The minimum absolute atomic E-state index is 0.281. The number of allylic oxidation sites excluding steroid dienone is 2. The average molecular weight is 212 g/mol. The molecule has 0 saturated heterocycles. The molecule has 0 aromatic heterocycles. The van der Waals surface area contributed by atoms with E-state index in [9.17, 15) is 4.79 Å². The van der Waals surface area contributed by atoms with Crippen LogP contribution < -0.4 is 0 Å². The van der Waals surface area contributed by atoms with Crippen molar-refractivity contribution in [2.24, 2.45) is 5.41 Å². The van der Waals surface area contributed by atoms with Gasteiger partial charge in [0.2, 0.25) is 0 Å². The lowest BCUT2D eigenvalue weighted by Crippen LogP contribution is -1.98. The Kier molecular flexibility index (Phi) is 7.10. The standard InChI is InChI=1S/C13H24O2/c1-13(2,3)11-9-7-5-4-6-8-10-12(14)15/h9,11H,4-8,10H2,1-3H3,(H,14,15)/b11-9+. The van der Waals surface area contributed by atoms with E-state index < -0.39 is 5.97 Å². The number of unbranched alkanes of at least 4 members (excludes halogenated alkanes) is 4. The Balaban J connectivity index is 3.26. The summed E-state index contributed by atoms with van der Waals surface area (Å²) in [5, 5.41) is 8.43. The second-order valence-electron chi connectivity index (χ2n) is 5.12. The van der Waals surface area contributed by atoms with Crippen molar-refractivity contribution in [2.75, 3.05) is 0 Å². The number of carboxylic acids is 1. The lowest BCUT2D eigenvalue weighted by molar-refractivity contribution is -0.137. The highest BCUT2D eigenvalue weighted by Crippen LogP contribution is 2.15. The van der Waals surface area contributed by atoms with Crippen LogP contribution in [0.5, 0.6) is 0 Å². The molecule has 2 nitrogen and oxygen atoms in total. The summed E-state index contributed by atoms with van der Waals surface area (Å²) < 4.78 is 0. The molecule has 0 radical (unpaired) electrons. The molecule has 0 fully saturated rings. The minimum Gasteiger partial charge on any atom is -0.481 e. The molecule has 0 aliphatic rings. The number of hydrogen-bond donors (Lipinski definition) is 1. The maximum absolute atomic E-state index is 10.2. The molecule has 0 rings (SSSR count). The van der Waals surface area contributed by atoms with Gasteiger partial charge in [0, 0.05) is 6.42 Å². The molecule has 0 aromatic rings. The first kappa shape index (κ1) is 14.2. The molecule has 0 unspecified atom stereocenters. The molecule has 0 heterocycles. The third-order valence-electron chi connectivity index (χ3n) is 2.13. The number of carbonyl (C=O) groups is 1. The van der Waals surface area contributed by atoms with Crippen molar-refractivity contribution >= 4 is 5.97 Å². The predicted octanol–water partition coefficient (Wildman–Crippen LogP) is 4.01. The van der Waals surface area contributed by atoms with Crippen molar-refractivity contribution in [3.8, 4) is 0 Å². The molecule has 88 valence electrons. The van der Waals surface area contributed by atoms with Crippen molar-refractivity contribution < 1.29 is 9.90 Å². The molecule has 1 N–H and O–H groups in total. The number of rotatable bonds is 7. The van der Waals surface area contributed by atoms with E-state index in [1.807, 2.05) is 0 Å². The molecular weight excluding hydrogens is 188 g/mol. The monoisotopic (exact) mass is 212 g/mol. The molecule has 0 atom stereocenters. The van der Waals surface area contributed by atoms with Gasteiger partial charge in [0.15, 0.2) is 0 Å². The molecule has 0 bridgehead atoms. The summed E-state index contributed by atoms with van der Waals surface area (Å²) in [7, 11) is 0. The molecule has 0 aromatic carbocycles. The molecule has 15 heavy (non-hydrogen) atoms. The first-order valence-corrected chi connectivity index (χ1v) is 5.81. The van der Waals surface area contributed by atoms with Gasteiger partial charge in [-0.1, -0.05) is 45.8 Å². The van der Waals surface area contributed by atoms with Gasteiger partial charge in [0.1, 0.15) is 0 Å². The summed E-state index contributed by atoms with van der Waals surface area (Å²) in [5.41, 5.74) is 0.281. The molecular formula is C13H24O2. The normalized spacial score (nSPS) is 12.2. The molecule has 0 spiro atoms. The van der Waals surface area contributed by atoms with Gasteiger partial charge < -0.3 is 5.11 Å². The summed E-state index contributed by atoms with van der Waals surface area (Å²) in [6.45, 7) is 6.57. The molecule has 2 heteroatoms. The summed E-state index contributed by atoms with van der Waals surface area (Å²) >= 11 is 0. The molecule has 0 aliphatic heterocycles. The van der Waals surface area contributed by atoms with Gasteiger partial charge in [0.05, 0.1) is 0 Å². The highest BCUT2D eigenvalue weighted by atomic mass is 16.4. The van der Waals surface area contributed by atoms with Crippen LogP contribution in [0.1, 0.15) is 59.3 Å². The Labute approximate surface area is 93.4 Å². The van der Waals surface area contributed by atoms with Gasteiger partial charge in [-0.25, -0.2) is 0 Å². The van der Waals surface area contributed by atoms with Crippen LogP contribution in [-0.2, 0) is 4.79 Å². The fourth-order valence-corrected chi connectivity index (χ4v) is 1.33. The van der Waals surface area contributed by atoms with Crippen LogP contribution in [0.2, 0.25) is 0 Å². The van der Waals surface area contributed by atoms with Gasteiger partial charge in [-0.3, -0.25) is 4.79 Å². The zero-order valence-corrected chi connectivity index (χ0v) is 10.3. The first-order valence-electron chi connectivity index (χ1n) is 5.81. The van der Waals surface area contributed by atoms with Crippen LogP contribution in [0.4, 0.5) is 0 Å². The highest BCUT2D eigenvalue weighted by Gasteiger charge is 2.02. The van der Waals surface area contributed by atoms with E-state index in [0.717, 1.165) is 25.7 Å². The van der Waals surface area contributed by atoms with Gasteiger partial charge in [0.25, 0.3) is 0 Å². The second-order valence-corrected chi connectivity index (χ2v) is 5.12. The van der Waals surface area contributed by atoms with E-state index in [1.165, 1.54) is 6.42 Å².